The van der Waals surface area contributed by atoms with Crippen molar-refractivity contribution in [1.29, 1.82) is 0 Å². The molecule has 0 unspecified atom stereocenters. The molecule has 0 bridgehead atoms. The van der Waals surface area contributed by atoms with Crippen molar-refractivity contribution in [3.8, 4) is 5.75 Å². The van der Waals surface area contributed by atoms with E-state index in [4.69, 9.17) is 9.84 Å². The Balaban J connectivity index is 1.54. The molecule has 0 aliphatic carbocycles. The lowest BCUT2D eigenvalue weighted by molar-refractivity contribution is -0.683. The average molecular weight is 415 g/mol. The summed E-state index contributed by atoms with van der Waals surface area (Å²) in [5, 5.41) is 8.49. The molecule has 1 amide bonds. The highest BCUT2D eigenvalue weighted by Crippen LogP contribution is 2.33. The van der Waals surface area contributed by atoms with Crippen LogP contribution >= 0.6 is 0 Å². The lowest BCUT2D eigenvalue weighted by Gasteiger charge is -2.22. The maximum Gasteiger partial charge on any atom is 0.298 e. The first-order chi connectivity index (χ1) is 15.2. The average Bonchev–Trinajstić information content (AvgIpc) is 3.29. The van der Waals surface area contributed by atoms with Crippen LogP contribution in [0.25, 0.3) is 0 Å². The number of rotatable bonds is 7. The predicted molar refractivity (Wildman–Crippen MR) is 122 cm³/mol. The molecule has 1 heterocycles. The van der Waals surface area contributed by atoms with Crippen LogP contribution in [0.2, 0.25) is 0 Å². The van der Waals surface area contributed by atoms with Crippen LogP contribution in [0.5, 0.6) is 5.75 Å². The molecule has 0 fully saturated rings. The van der Waals surface area contributed by atoms with Crippen molar-refractivity contribution in [2.45, 2.75) is 25.4 Å². The first-order valence-electron chi connectivity index (χ1n) is 10.6. The van der Waals surface area contributed by atoms with Gasteiger partial charge in [0.25, 0.3) is 5.91 Å². The van der Waals surface area contributed by atoms with Gasteiger partial charge in [-0.25, -0.2) is 5.01 Å². The molecule has 31 heavy (non-hydrogen) atoms. The summed E-state index contributed by atoms with van der Waals surface area (Å²) in [6.45, 7) is 2.46. The molecule has 5 nitrogen and oxygen atoms in total. The van der Waals surface area contributed by atoms with E-state index in [9.17, 15) is 4.79 Å². The normalized spacial score (nSPS) is 16.6. The topological polar surface area (TPSA) is 58.5 Å². The molecule has 2 atom stereocenters. The summed E-state index contributed by atoms with van der Waals surface area (Å²) in [4.78, 5) is 13.2. The third kappa shape index (κ3) is 4.84. The Morgan fingerprint density at radius 1 is 1.03 bits per heavy atom. The van der Waals surface area contributed by atoms with Crippen LogP contribution in [0.1, 0.15) is 42.1 Å². The molecule has 0 aromatic heterocycles. The SMILES string of the molecule is COc1ccc([C@H]2CC(c3ccccc3)=NN2C(=O)C[NH2+][C@@H](C)c2ccccc2)cc1. The number of hydrazone groups is 1. The second-order valence-corrected chi connectivity index (χ2v) is 7.78. The van der Waals surface area contributed by atoms with E-state index in [0.717, 1.165) is 22.6 Å². The van der Waals surface area contributed by atoms with Gasteiger partial charge in [0.15, 0.2) is 6.54 Å². The lowest BCUT2D eigenvalue weighted by Crippen LogP contribution is -2.86. The van der Waals surface area contributed by atoms with Crippen LogP contribution in [0, 0.1) is 0 Å². The fraction of sp³-hybridized carbons (Fsp3) is 0.231. The second kappa shape index (κ2) is 9.58. The van der Waals surface area contributed by atoms with E-state index < -0.39 is 0 Å². The molecule has 0 saturated heterocycles. The number of carbonyl (C=O) groups is 1. The largest absolute Gasteiger partial charge is 0.497 e. The van der Waals surface area contributed by atoms with Gasteiger partial charge in [0.2, 0.25) is 0 Å². The molecule has 3 aromatic carbocycles. The summed E-state index contributed by atoms with van der Waals surface area (Å²) in [5.74, 6) is 0.809. The standard InChI is InChI=1S/C26H27N3O2/c1-19(20-9-5-3-6-10-20)27-18-26(30)29-25(22-13-15-23(31-2)16-14-22)17-24(28-29)21-11-7-4-8-12-21/h3-16,19,25,27H,17-18H2,1-2H3/p+1/t19-,25+/m0/s1. The Hall–Kier alpha value is -3.44. The molecule has 0 saturated carbocycles. The first kappa shape index (κ1) is 20.8. The number of nitrogens with two attached hydrogens (primary N) is 1. The van der Waals surface area contributed by atoms with Gasteiger partial charge >= 0.3 is 0 Å². The molecule has 3 aromatic rings. The zero-order valence-corrected chi connectivity index (χ0v) is 17.9. The summed E-state index contributed by atoms with van der Waals surface area (Å²) >= 11 is 0. The molecule has 0 spiro atoms. The van der Waals surface area contributed by atoms with Crippen LogP contribution in [-0.2, 0) is 4.79 Å². The first-order valence-corrected chi connectivity index (χ1v) is 10.6. The number of amides is 1. The Bertz CT molecular complexity index is 1030. The van der Waals surface area contributed by atoms with E-state index >= 15 is 0 Å². The maximum atomic E-state index is 13.2. The summed E-state index contributed by atoms with van der Waals surface area (Å²) in [5.41, 5.74) is 4.25. The van der Waals surface area contributed by atoms with Gasteiger partial charge < -0.3 is 10.1 Å². The van der Waals surface area contributed by atoms with E-state index in [1.807, 2.05) is 72.8 Å². The molecular weight excluding hydrogens is 386 g/mol. The lowest BCUT2D eigenvalue weighted by atomic mass is 9.98. The van der Waals surface area contributed by atoms with Gasteiger partial charge in [0.1, 0.15) is 11.8 Å². The van der Waals surface area contributed by atoms with Gasteiger partial charge in [0.05, 0.1) is 18.9 Å². The number of hydrogen-bond donors (Lipinski definition) is 1. The molecular formula is C26H28N3O2+. The van der Waals surface area contributed by atoms with Crippen molar-refractivity contribution in [2.75, 3.05) is 13.7 Å². The number of benzene rings is 3. The van der Waals surface area contributed by atoms with Crippen LogP contribution in [-0.4, -0.2) is 30.3 Å². The number of nitrogens with zero attached hydrogens (tertiary/aromatic N) is 2. The fourth-order valence-electron chi connectivity index (χ4n) is 3.89. The molecule has 158 valence electrons. The third-order valence-electron chi connectivity index (χ3n) is 5.74. The van der Waals surface area contributed by atoms with E-state index in [1.165, 1.54) is 5.56 Å². The highest BCUT2D eigenvalue weighted by atomic mass is 16.5. The quantitative estimate of drug-likeness (QED) is 0.641. The molecule has 5 heteroatoms. The fourth-order valence-corrected chi connectivity index (χ4v) is 3.89. The van der Waals surface area contributed by atoms with E-state index in [1.54, 1.807) is 12.1 Å². The van der Waals surface area contributed by atoms with Gasteiger partial charge in [-0.15, -0.1) is 0 Å². The Morgan fingerprint density at radius 3 is 2.32 bits per heavy atom. The minimum atomic E-state index is -0.117. The molecule has 4 rings (SSSR count). The minimum Gasteiger partial charge on any atom is -0.497 e. The van der Waals surface area contributed by atoms with E-state index in [-0.39, 0.29) is 18.0 Å². The van der Waals surface area contributed by atoms with Gasteiger partial charge in [-0.3, -0.25) is 4.79 Å². The zero-order chi connectivity index (χ0) is 21.6. The number of ether oxygens (including phenoxy) is 1. The maximum absolute atomic E-state index is 13.2. The highest BCUT2D eigenvalue weighted by Gasteiger charge is 2.33. The number of quaternary nitrogens is 1. The zero-order valence-electron chi connectivity index (χ0n) is 17.9. The number of hydrogen-bond acceptors (Lipinski definition) is 3. The smallest absolute Gasteiger partial charge is 0.298 e. The van der Waals surface area contributed by atoms with E-state index in [0.29, 0.717) is 13.0 Å². The minimum absolute atomic E-state index is 0.00882. The monoisotopic (exact) mass is 414 g/mol. The number of methoxy groups -OCH3 is 1. The molecule has 0 radical (unpaired) electrons. The van der Waals surface area contributed by atoms with Gasteiger partial charge in [0, 0.05) is 12.0 Å². The summed E-state index contributed by atoms with van der Waals surface area (Å²) in [7, 11) is 1.65. The Kier molecular flexibility index (Phi) is 6.43. The predicted octanol–water partition coefficient (Wildman–Crippen LogP) is 3.70. The van der Waals surface area contributed by atoms with Crippen LogP contribution in [0.15, 0.2) is 90.0 Å². The van der Waals surface area contributed by atoms with Crippen molar-refractivity contribution in [3.05, 3.63) is 102 Å². The van der Waals surface area contributed by atoms with Crippen molar-refractivity contribution in [3.63, 3.8) is 0 Å². The summed E-state index contributed by atoms with van der Waals surface area (Å²) in [6.07, 6.45) is 0.691. The summed E-state index contributed by atoms with van der Waals surface area (Å²) in [6, 6.07) is 28.3. The Labute approximate surface area is 183 Å². The van der Waals surface area contributed by atoms with Gasteiger partial charge in [-0.1, -0.05) is 72.8 Å². The van der Waals surface area contributed by atoms with Crippen LogP contribution < -0.4 is 10.1 Å². The van der Waals surface area contributed by atoms with Gasteiger partial charge in [-0.05, 0) is 30.2 Å². The van der Waals surface area contributed by atoms with Crippen LogP contribution in [0.3, 0.4) is 0 Å². The van der Waals surface area contributed by atoms with Crippen LogP contribution in [0.4, 0.5) is 0 Å². The summed E-state index contributed by atoms with van der Waals surface area (Å²) < 4.78 is 5.29. The van der Waals surface area contributed by atoms with E-state index in [2.05, 4.69) is 24.4 Å². The molecule has 1 aliphatic heterocycles. The molecule has 2 N–H and O–H groups in total. The molecule has 1 aliphatic rings. The Morgan fingerprint density at radius 2 is 1.68 bits per heavy atom. The second-order valence-electron chi connectivity index (χ2n) is 7.78. The van der Waals surface area contributed by atoms with Crippen molar-refractivity contribution in [2.24, 2.45) is 5.10 Å². The van der Waals surface area contributed by atoms with Crippen molar-refractivity contribution < 1.29 is 14.8 Å². The van der Waals surface area contributed by atoms with Crippen molar-refractivity contribution in [1.82, 2.24) is 5.01 Å². The highest BCUT2D eigenvalue weighted by molar-refractivity contribution is 6.03. The van der Waals surface area contributed by atoms with Crippen molar-refractivity contribution >= 4 is 11.6 Å². The third-order valence-corrected chi connectivity index (χ3v) is 5.74. The number of carbonyl (C=O) groups excluding carboxylic acids is 1. The van der Waals surface area contributed by atoms with Gasteiger partial charge in [-0.2, -0.15) is 5.10 Å².